The molecule has 0 fully saturated rings. The number of benzene rings is 1. The van der Waals surface area contributed by atoms with Crippen LogP contribution in [-0.4, -0.2) is 19.4 Å². The summed E-state index contributed by atoms with van der Waals surface area (Å²) in [6.07, 6.45) is 1.61. The quantitative estimate of drug-likeness (QED) is 0.708. The number of anilines is 1. The molecule has 0 aliphatic heterocycles. The summed E-state index contributed by atoms with van der Waals surface area (Å²) in [6, 6.07) is 10.2. The van der Waals surface area contributed by atoms with Crippen LogP contribution in [0.4, 0.5) is 5.69 Å². The summed E-state index contributed by atoms with van der Waals surface area (Å²) < 4.78 is 0. The minimum absolute atomic E-state index is 0.270. The van der Waals surface area contributed by atoms with Crippen LogP contribution in [0.2, 0.25) is 0 Å². The second kappa shape index (κ2) is 8.72. The number of hydrogen-bond donors (Lipinski definition) is 0. The van der Waals surface area contributed by atoms with Crippen molar-refractivity contribution in [1.29, 1.82) is 0 Å². The van der Waals surface area contributed by atoms with Crippen LogP contribution in [0.3, 0.4) is 0 Å². The third-order valence-corrected chi connectivity index (χ3v) is 2.22. The molecule has 16 heavy (non-hydrogen) atoms. The average molecular weight is 219 g/mol. The molecule has 0 spiro atoms. The van der Waals surface area contributed by atoms with Crippen molar-refractivity contribution < 1.29 is 4.79 Å². The zero-order valence-electron chi connectivity index (χ0n) is 10.3. The highest BCUT2D eigenvalue weighted by Crippen LogP contribution is 2.11. The van der Waals surface area contributed by atoms with Crippen molar-refractivity contribution in [1.82, 2.24) is 0 Å². The molecule has 0 aromatic heterocycles. The molecule has 0 atom stereocenters. The molecular formula is C14H21NO. The fourth-order valence-corrected chi connectivity index (χ4v) is 1.38. The molecule has 0 aliphatic carbocycles. The van der Waals surface area contributed by atoms with Gasteiger partial charge in [-0.3, -0.25) is 0 Å². The SMILES string of the molecule is C=C.CC(=O)CCCN(C)c1ccccc1. The van der Waals surface area contributed by atoms with Crippen molar-refractivity contribution in [2.24, 2.45) is 0 Å². The first-order valence-electron chi connectivity index (χ1n) is 5.46. The van der Waals surface area contributed by atoms with Gasteiger partial charge in [0.2, 0.25) is 0 Å². The van der Waals surface area contributed by atoms with Gasteiger partial charge in [0.25, 0.3) is 0 Å². The summed E-state index contributed by atoms with van der Waals surface area (Å²) in [5.41, 5.74) is 1.20. The topological polar surface area (TPSA) is 20.3 Å². The van der Waals surface area contributed by atoms with Crippen LogP contribution in [0, 0.1) is 0 Å². The van der Waals surface area contributed by atoms with Crippen molar-refractivity contribution in [3.63, 3.8) is 0 Å². The van der Waals surface area contributed by atoms with E-state index in [0.717, 1.165) is 13.0 Å². The molecule has 0 saturated heterocycles. The fraction of sp³-hybridized carbons (Fsp3) is 0.357. The van der Waals surface area contributed by atoms with E-state index in [4.69, 9.17) is 0 Å². The van der Waals surface area contributed by atoms with Crippen LogP contribution >= 0.6 is 0 Å². The molecule has 0 bridgehead atoms. The number of carbonyl (C=O) groups excluding carboxylic acids is 1. The van der Waals surface area contributed by atoms with Gasteiger partial charge in [0, 0.05) is 25.7 Å². The lowest BCUT2D eigenvalue weighted by Gasteiger charge is -2.18. The van der Waals surface area contributed by atoms with Gasteiger partial charge in [-0.05, 0) is 25.5 Å². The van der Waals surface area contributed by atoms with Gasteiger partial charge in [0.1, 0.15) is 5.78 Å². The summed E-state index contributed by atoms with van der Waals surface area (Å²) in [4.78, 5) is 12.9. The molecule has 1 aromatic rings. The fourth-order valence-electron chi connectivity index (χ4n) is 1.38. The maximum Gasteiger partial charge on any atom is 0.129 e. The molecule has 2 heteroatoms. The monoisotopic (exact) mass is 219 g/mol. The molecule has 0 heterocycles. The maximum absolute atomic E-state index is 10.7. The van der Waals surface area contributed by atoms with E-state index >= 15 is 0 Å². The Kier molecular flexibility index (Phi) is 7.86. The largest absolute Gasteiger partial charge is 0.375 e. The Morgan fingerprint density at radius 2 is 1.81 bits per heavy atom. The van der Waals surface area contributed by atoms with Crippen LogP contribution in [-0.2, 0) is 4.79 Å². The Balaban J connectivity index is 0.00000106. The van der Waals surface area contributed by atoms with Crippen molar-refractivity contribution in [3.8, 4) is 0 Å². The second-order valence-electron chi connectivity index (χ2n) is 3.56. The maximum atomic E-state index is 10.7. The van der Waals surface area contributed by atoms with E-state index in [1.54, 1.807) is 6.92 Å². The molecule has 1 rings (SSSR count). The van der Waals surface area contributed by atoms with Crippen LogP contribution < -0.4 is 4.90 Å². The molecule has 2 nitrogen and oxygen atoms in total. The standard InChI is InChI=1S/C12H17NO.C2H4/c1-11(14)7-6-10-13(2)12-8-4-3-5-9-12;1-2/h3-5,8-9H,6-7,10H2,1-2H3;1-2H2. The summed E-state index contributed by atoms with van der Waals surface area (Å²) in [5, 5.41) is 0. The molecule has 88 valence electrons. The summed E-state index contributed by atoms with van der Waals surface area (Å²) in [5.74, 6) is 0.270. The second-order valence-corrected chi connectivity index (χ2v) is 3.56. The molecule has 0 amide bonds. The predicted octanol–water partition coefficient (Wildman–Crippen LogP) is 3.29. The number of Topliss-reactive ketones (excluding diaryl/α,β-unsaturated/α-hetero) is 1. The number of ketones is 1. The van der Waals surface area contributed by atoms with Gasteiger partial charge in [-0.15, -0.1) is 13.2 Å². The summed E-state index contributed by atoms with van der Waals surface area (Å²) >= 11 is 0. The summed E-state index contributed by atoms with van der Waals surface area (Å²) in [7, 11) is 2.05. The van der Waals surface area contributed by atoms with Gasteiger partial charge < -0.3 is 9.69 Å². The molecule has 0 unspecified atom stereocenters. The Morgan fingerprint density at radius 1 is 1.25 bits per heavy atom. The lowest BCUT2D eigenvalue weighted by atomic mass is 10.2. The Bertz CT molecular complexity index is 295. The first-order chi connectivity index (χ1) is 7.70. The number of rotatable bonds is 5. The lowest BCUT2D eigenvalue weighted by Crippen LogP contribution is -2.18. The van der Waals surface area contributed by atoms with Gasteiger partial charge in [-0.2, -0.15) is 0 Å². The lowest BCUT2D eigenvalue weighted by molar-refractivity contribution is -0.117. The molecule has 1 aromatic carbocycles. The number of para-hydroxylation sites is 1. The van der Waals surface area contributed by atoms with Crippen LogP contribution in [0.25, 0.3) is 0 Å². The van der Waals surface area contributed by atoms with Gasteiger partial charge in [0.15, 0.2) is 0 Å². The van der Waals surface area contributed by atoms with Gasteiger partial charge in [-0.25, -0.2) is 0 Å². The number of nitrogens with zero attached hydrogens (tertiary/aromatic N) is 1. The Morgan fingerprint density at radius 3 is 2.31 bits per heavy atom. The first-order valence-corrected chi connectivity index (χ1v) is 5.46. The molecular weight excluding hydrogens is 198 g/mol. The zero-order valence-corrected chi connectivity index (χ0v) is 10.3. The molecule has 0 N–H and O–H groups in total. The van der Waals surface area contributed by atoms with E-state index in [-0.39, 0.29) is 5.78 Å². The van der Waals surface area contributed by atoms with E-state index in [1.165, 1.54) is 5.69 Å². The van der Waals surface area contributed by atoms with E-state index < -0.39 is 0 Å². The van der Waals surface area contributed by atoms with Crippen molar-refractivity contribution >= 4 is 11.5 Å². The Labute approximate surface area is 98.6 Å². The third kappa shape index (κ3) is 6.02. The average Bonchev–Trinajstić information content (AvgIpc) is 2.32. The highest BCUT2D eigenvalue weighted by Gasteiger charge is 2.00. The van der Waals surface area contributed by atoms with Gasteiger partial charge in [-0.1, -0.05) is 18.2 Å². The van der Waals surface area contributed by atoms with E-state index in [1.807, 2.05) is 18.2 Å². The van der Waals surface area contributed by atoms with Gasteiger partial charge >= 0.3 is 0 Å². The smallest absolute Gasteiger partial charge is 0.129 e. The first kappa shape index (κ1) is 14.4. The summed E-state index contributed by atoms with van der Waals surface area (Å²) in [6.45, 7) is 8.58. The van der Waals surface area contributed by atoms with Crippen molar-refractivity contribution in [3.05, 3.63) is 43.5 Å². The normalized spacial score (nSPS) is 8.88. The van der Waals surface area contributed by atoms with Crippen molar-refractivity contribution in [2.45, 2.75) is 19.8 Å². The van der Waals surface area contributed by atoms with Crippen LogP contribution in [0.1, 0.15) is 19.8 Å². The van der Waals surface area contributed by atoms with Crippen LogP contribution in [0.5, 0.6) is 0 Å². The Hall–Kier alpha value is -1.57. The number of carbonyl (C=O) groups is 1. The highest BCUT2D eigenvalue weighted by molar-refractivity contribution is 5.75. The minimum atomic E-state index is 0.270. The van der Waals surface area contributed by atoms with E-state index in [0.29, 0.717) is 6.42 Å². The van der Waals surface area contributed by atoms with Gasteiger partial charge in [0.05, 0.1) is 0 Å². The molecule has 0 saturated carbocycles. The zero-order chi connectivity index (χ0) is 12.4. The minimum Gasteiger partial charge on any atom is -0.375 e. The third-order valence-electron chi connectivity index (χ3n) is 2.22. The van der Waals surface area contributed by atoms with E-state index in [9.17, 15) is 4.79 Å². The van der Waals surface area contributed by atoms with E-state index in [2.05, 4.69) is 37.2 Å². The van der Waals surface area contributed by atoms with Crippen LogP contribution in [0.15, 0.2) is 43.5 Å². The van der Waals surface area contributed by atoms with Crippen molar-refractivity contribution in [2.75, 3.05) is 18.5 Å². The predicted molar refractivity (Wildman–Crippen MR) is 70.9 cm³/mol. The number of hydrogen-bond acceptors (Lipinski definition) is 2. The highest BCUT2D eigenvalue weighted by atomic mass is 16.1. The molecule has 0 radical (unpaired) electrons. The molecule has 0 aliphatic rings.